The van der Waals surface area contributed by atoms with Crippen LogP contribution in [0, 0.1) is 12.9 Å². The molecule has 4 heteroatoms. The Balaban J connectivity index is 3.35. The number of aryl methyl sites for hydroxylation is 1. The summed E-state index contributed by atoms with van der Waals surface area (Å²) in [6.45, 7) is 2.10. The minimum absolute atomic E-state index is 1.03. The molecule has 1 heterocycles. The van der Waals surface area contributed by atoms with E-state index in [4.69, 9.17) is 12.2 Å². The van der Waals surface area contributed by atoms with Crippen molar-refractivity contribution >= 4 is 57.5 Å². The molecule has 0 aromatic carbocycles. The zero-order valence-corrected chi connectivity index (χ0v) is 8.71. The van der Waals surface area contributed by atoms with Gasteiger partial charge in [0.25, 0.3) is 0 Å². The van der Waals surface area contributed by atoms with E-state index in [-0.39, 0.29) is 0 Å². The Morgan fingerprint density at radius 2 is 2.12 bits per heavy atom. The average molecular weight is 274 g/mol. The number of halogens is 1. The molecule has 0 N–H and O–H groups in total. The maximum Gasteiger partial charge on any atom is 0.144 e. The highest BCUT2D eigenvalue weighted by Crippen LogP contribution is 2.24. The standard InChI is InChI=1S/C4H3IS3/c1-2-3(5)8-4(6)7-2/h1H3. The van der Waals surface area contributed by atoms with Gasteiger partial charge >= 0.3 is 0 Å². The van der Waals surface area contributed by atoms with Crippen molar-refractivity contribution in [2.75, 3.05) is 0 Å². The molecule has 0 fully saturated rings. The van der Waals surface area contributed by atoms with E-state index in [2.05, 4.69) is 29.5 Å². The second kappa shape index (κ2) is 2.72. The van der Waals surface area contributed by atoms with Crippen molar-refractivity contribution in [1.82, 2.24) is 0 Å². The zero-order valence-electron chi connectivity index (χ0n) is 4.10. The Morgan fingerprint density at radius 3 is 2.25 bits per heavy atom. The Bertz CT molecular complexity index is 211. The van der Waals surface area contributed by atoms with Gasteiger partial charge in [-0.25, -0.2) is 0 Å². The first-order chi connectivity index (χ1) is 3.70. The van der Waals surface area contributed by atoms with Crippen LogP contribution in [-0.2, 0) is 0 Å². The molecule has 0 nitrogen and oxygen atoms in total. The highest BCUT2D eigenvalue weighted by molar-refractivity contribution is 14.1. The van der Waals surface area contributed by atoms with Gasteiger partial charge in [-0.2, -0.15) is 0 Å². The summed E-state index contributed by atoms with van der Waals surface area (Å²) in [4.78, 5) is 1.35. The molecule has 1 aromatic heterocycles. The van der Waals surface area contributed by atoms with Gasteiger partial charge in [-0.05, 0) is 29.5 Å². The monoisotopic (exact) mass is 274 g/mol. The molecular weight excluding hydrogens is 271 g/mol. The Hall–Kier alpha value is 1.00. The van der Waals surface area contributed by atoms with Crippen molar-refractivity contribution in [3.63, 3.8) is 0 Å². The molecule has 0 amide bonds. The molecule has 0 unspecified atom stereocenters. The summed E-state index contributed by atoms with van der Waals surface area (Å²) in [7, 11) is 0. The van der Waals surface area contributed by atoms with E-state index >= 15 is 0 Å². The SMILES string of the molecule is Cc1sc(=S)sc1I. The lowest BCUT2D eigenvalue weighted by Crippen LogP contribution is -1.56. The summed E-state index contributed by atoms with van der Waals surface area (Å²) in [5.74, 6) is 0. The first-order valence-corrected chi connectivity index (χ1v) is 5.08. The second-order valence-corrected chi connectivity index (χ2v) is 6.52. The lowest BCUT2D eigenvalue weighted by Gasteiger charge is -1.75. The van der Waals surface area contributed by atoms with Crippen molar-refractivity contribution in [3.05, 3.63) is 10.9 Å². The molecular formula is C4H3IS3. The third-order valence-electron chi connectivity index (χ3n) is 0.686. The van der Waals surface area contributed by atoms with Gasteiger partial charge in [0.2, 0.25) is 0 Å². The van der Waals surface area contributed by atoms with E-state index in [9.17, 15) is 0 Å². The normalized spacial score (nSPS) is 9.75. The Morgan fingerprint density at radius 1 is 1.50 bits per heavy atom. The van der Waals surface area contributed by atoms with E-state index in [1.165, 1.54) is 7.76 Å². The van der Waals surface area contributed by atoms with Gasteiger partial charge in [0.05, 0.1) is 2.88 Å². The number of rotatable bonds is 0. The van der Waals surface area contributed by atoms with Gasteiger partial charge in [0.1, 0.15) is 3.14 Å². The smallest absolute Gasteiger partial charge is 0.117 e. The predicted octanol–water partition coefficient (Wildman–Crippen LogP) is 3.45. The Labute approximate surface area is 74.7 Å². The fourth-order valence-corrected chi connectivity index (χ4v) is 4.51. The first kappa shape index (κ1) is 7.11. The molecule has 0 aliphatic rings. The molecule has 0 aliphatic carbocycles. The lowest BCUT2D eigenvalue weighted by atomic mass is 10.7. The van der Waals surface area contributed by atoms with Crippen LogP contribution in [0.2, 0.25) is 0 Å². The minimum atomic E-state index is 1.03. The maximum atomic E-state index is 4.95. The van der Waals surface area contributed by atoms with Crippen molar-refractivity contribution in [2.45, 2.75) is 6.92 Å². The van der Waals surface area contributed by atoms with Crippen LogP contribution in [0.5, 0.6) is 0 Å². The van der Waals surface area contributed by atoms with E-state index in [0.717, 1.165) is 3.14 Å². The van der Waals surface area contributed by atoms with E-state index in [0.29, 0.717) is 0 Å². The molecule has 0 atom stereocenters. The van der Waals surface area contributed by atoms with Gasteiger partial charge in [-0.1, -0.05) is 12.2 Å². The molecule has 0 aliphatic heterocycles. The summed E-state index contributed by atoms with van der Waals surface area (Å²) >= 11 is 10.6. The highest BCUT2D eigenvalue weighted by atomic mass is 127. The fraction of sp³-hybridized carbons (Fsp3) is 0.250. The van der Waals surface area contributed by atoms with Crippen LogP contribution in [-0.4, -0.2) is 0 Å². The van der Waals surface area contributed by atoms with Crippen LogP contribution in [0.15, 0.2) is 0 Å². The lowest BCUT2D eigenvalue weighted by molar-refractivity contribution is 1.64. The Kier molecular flexibility index (Phi) is 2.42. The van der Waals surface area contributed by atoms with Crippen LogP contribution in [0.1, 0.15) is 4.88 Å². The summed E-state index contributed by atoms with van der Waals surface area (Å²) < 4.78 is 2.37. The average Bonchev–Trinajstić information content (AvgIpc) is 1.85. The van der Waals surface area contributed by atoms with Crippen molar-refractivity contribution < 1.29 is 0 Å². The molecule has 1 rings (SSSR count). The van der Waals surface area contributed by atoms with Gasteiger partial charge in [0, 0.05) is 4.88 Å². The summed E-state index contributed by atoms with van der Waals surface area (Å²) in [5.41, 5.74) is 0. The molecule has 0 saturated carbocycles. The van der Waals surface area contributed by atoms with Gasteiger partial charge in [0.15, 0.2) is 0 Å². The van der Waals surface area contributed by atoms with Crippen molar-refractivity contribution in [3.8, 4) is 0 Å². The molecule has 0 saturated heterocycles. The molecule has 0 bridgehead atoms. The number of hydrogen-bond acceptors (Lipinski definition) is 3. The second-order valence-electron chi connectivity index (χ2n) is 1.28. The summed E-state index contributed by atoms with van der Waals surface area (Å²) in [6, 6.07) is 0. The summed E-state index contributed by atoms with van der Waals surface area (Å²) in [6.07, 6.45) is 0. The fourth-order valence-electron chi connectivity index (χ4n) is 0.331. The van der Waals surface area contributed by atoms with Crippen LogP contribution in [0.4, 0.5) is 0 Å². The van der Waals surface area contributed by atoms with E-state index < -0.39 is 0 Å². The van der Waals surface area contributed by atoms with E-state index in [1.807, 2.05) is 0 Å². The molecule has 0 spiro atoms. The van der Waals surface area contributed by atoms with Gasteiger partial charge in [-0.15, -0.1) is 22.7 Å². The van der Waals surface area contributed by atoms with Crippen LogP contribution >= 0.6 is 57.5 Å². The maximum absolute atomic E-state index is 4.95. The highest BCUT2D eigenvalue weighted by Gasteiger charge is 1.94. The van der Waals surface area contributed by atoms with Gasteiger partial charge < -0.3 is 0 Å². The molecule has 1 aromatic rings. The van der Waals surface area contributed by atoms with E-state index in [1.54, 1.807) is 22.7 Å². The summed E-state index contributed by atoms with van der Waals surface area (Å²) in [5, 5.41) is 0. The van der Waals surface area contributed by atoms with Crippen LogP contribution in [0.25, 0.3) is 0 Å². The zero-order chi connectivity index (χ0) is 6.15. The van der Waals surface area contributed by atoms with Gasteiger partial charge in [-0.3, -0.25) is 0 Å². The minimum Gasteiger partial charge on any atom is -0.117 e. The largest absolute Gasteiger partial charge is 0.144 e. The topological polar surface area (TPSA) is 0 Å². The van der Waals surface area contributed by atoms with Crippen LogP contribution in [0.3, 0.4) is 0 Å². The number of hydrogen-bond donors (Lipinski definition) is 0. The molecule has 0 radical (unpaired) electrons. The molecule has 44 valence electrons. The third-order valence-corrected chi connectivity index (χ3v) is 4.98. The third kappa shape index (κ3) is 1.49. The first-order valence-electron chi connectivity index (χ1n) is 1.96. The quantitative estimate of drug-likeness (QED) is 0.516. The molecule has 8 heavy (non-hydrogen) atoms. The van der Waals surface area contributed by atoms with Crippen LogP contribution < -0.4 is 0 Å². The predicted molar refractivity (Wildman–Crippen MR) is 50.5 cm³/mol. The van der Waals surface area contributed by atoms with Crippen molar-refractivity contribution in [1.29, 1.82) is 0 Å². The van der Waals surface area contributed by atoms with Crippen molar-refractivity contribution in [2.24, 2.45) is 0 Å².